The van der Waals surface area contributed by atoms with E-state index in [1.165, 1.54) is 12.1 Å². The summed E-state index contributed by atoms with van der Waals surface area (Å²) in [6, 6.07) is 17.9. The zero-order valence-corrected chi connectivity index (χ0v) is 17.9. The van der Waals surface area contributed by atoms with Gasteiger partial charge in [0.1, 0.15) is 16.9 Å². The van der Waals surface area contributed by atoms with Gasteiger partial charge in [0.2, 0.25) is 10.0 Å². The first-order valence-electron chi connectivity index (χ1n) is 9.35. The minimum atomic E-state index is -4.04. The molecule has 0 saturated carbocycles. The highest BCUT2D eigenvalue weighted by Gasteiger charge is 2.29. The highest BCUT2D eigenvalue weighted by molar-refractivity contribution is 7.89. The van der Waals surface area contributed by atoms with Crippen molar-refractivity contribution in [1.29, 1.82) is 0 Å². The van der Waals surface area contributed by atoms with Crippen LogP contribution in [0.1, 0.15) is 22.7 Å². The monoisotopic (exact) mass is 455 g/mol. The molecule has 8 heteroatoms. The molecule has 1 atom stereocenters. The summed E-state index contributed by atoms with van der Waals surface area (Å²) in [7, 11) is -4.04. The van der Waals surface area contributed by atoms with E-state index in [1.807, 2.05) is 6.92 Å². The van der Waals surface area contributed by atoms with Gasteiger partial charge in [-0.05, 0) is 48.9 Å². The Morgan fingerprint density at radius 1 is 0.968 bits per heavy atom. The lowest BCUT2D eigenvalue weighted by atomic mass is 9.99. The third kappa shape index (κ3) is 4.20. The van der Waals surface area contributed by atoms with Crippen molar-refractivity contribution < 1.29 is 17.9 Å². The van der Waals surface area contributed by atoms with E-state index in [2.05, 4.69) is 4.72 Å². The summed E-state index contributed by atoms with van der Waals surface area (Å²) >= 11 is 5.98. The lowest BCUT2D eigenvalue weighted by molar-refractivity contribution is 0.448. The summed E-state index contributed by atoms with van der Waals surface area (Å²) in [6.45, 7) is 1.85. The predicted molar refractivity (Wildman–Crippen MR) is 119 cm³/mol. The van der Waals surface area contributed by atoms with E-state index in [0.717, 1.165) is 5.56 Å². The van der Waals surface area contributed by atoms with Crippen LogP contribution in [-0.4, -0.2) is 13.5 Å². The van der Waals surface area contributed by atoms with Crippen LogP contribution in [0, 0.1) is 6.92 Å². The maximum Gasteiger partial charge on any atom is 0.345 e. The van der Waals surface area contributed by atoms with Gasteiger partial charge >= 0.3 is 5.63 Å². The third-order valence-corrected chi connectivity index (χ3v) is 6.61. The first-order chi connectivity index (χ1) is 14.8. The van der Waals surface area contributed by atoms with Crippen molar-refractivity contribution in [2.24, 2.45) is 0 Å². The number of fused-ring (bicyclic) bond motifs is 1. The molecule has 0 fully saturated rings. The van der Waals surface area contributed by atoms with Crippen molar-refractivity contribution >= 4 is 32.6 Å². The van der Waals surface area contributed by atoms with Gasteiger partial charge in [-0.15, -0.1) is 0 Å². The Hall–Kier alpha value is -3.13. The number of para-hydroxylation sites is 1. The molecule has 1 aromatic heterocycles. The molecular formula is C23H18ClNO5S. The molecule has 2 N–H and O–H groups in total. The summed E-state index contributed by atoms with van der Waals surface area (Å²) in [5.74, 6) is -0.349. The van der Waals surface area contributed by atoms with Crippen molar-refractivity contribution in [3.8, 4) is 5.75 Å². The minimum absolute atomic E-state index is 0.0294. The predicted octanol–water partition coefficient (Wildman–Crippen LogP) is 4.53. The number of hydrogen-bond donors (Lipinski definition) is 2. The van der Waals surface area contributed by atoms with Crippen molar-refractivity contribution in [1.82, 2.24) is 4.72 Å². The van der Waals surface area contributed by atoms with E-state index in [9.17, 15) is 18.3 Å². The number of rotatable bonds is 5. The Morgan fingerprint density at radius 3 is 2.29 bits per heavy atom. The van der Waals surface area contributed by atoms with Gasteiger partial charge < -0.3 is 9.52 Å². The zero-order chi connectivity index (χ0) is 22.2. The van der Waals surface area contributed by atoms with Crippen LogP contribution < -0.4 is 10.3 Å². The van der Waals surface area contributed by atoms with Crippen molar-refractivity contribution in [3.05, 3.63) is 105 Å². The normalized spacial score (nSPS) is 12.7. The Kier molecular flexibility index (Phi) is 5.58. The molecule has 3 aromatic carbocycles. The number of sulfonamides is 1. The van der Waals surface area contributed by atoms with E-state index in [0.29, 0.717) is 16.0 Å². The highest BCUT2D eigenvalue weighted by atomic mass is 35.5. The molecule has 0 aliphatic rings. The van der Waals surface area contributed by atoms with Crippen molar-refractivity contribution in [3.63, 3.8) is 0 Å². The molecule has 0 radical (unpaired) electrons. The largest absolute Gasteiger partial charge is 0.507 e. The van der Waals surface area contributed by atoms with Gasteiger partial charge in [0.05, 0.1) is 16.3 Å². The molecule has 4 aromatic rings. The minimum Gasteiger partial charge on any atom is -0.507 e. The fourth-order valence-corrected chi connectivity index (χ4v) is 4.61. The summed E-state index contributed by atoms with van der Waals surface area (Å²) in [5.41, 5.74) is 0.462. The number of halogens is 1. The average molecular weight is 456 g/mol. The molecular weight excluding hydrogens is 438 g/mol. The van der Waals surface area contributed by atoms with Crippen LogP contribution in [0.15, 0.2) is 86.9 Å². The molecule has 0 aliphatic heterocycles. The number of aryl methyl sites for hydroxylation is 1. The first kappa shape index (κ1) is 21.1. The molecule has 4 rings (SSSR count). The summed E-state index contributed by atoms with van der Waals surface area (Å²) < 4.78 is 34.1. The number of aromatic hydroxyl groups is 1. The average Bonchev–Trinajstić information content (AvgIpc) is 2.74. The molecule has 0 amide bonds. The van der Waals surface area contributed by atoms with Gasteiger partial charge in [-0.25, -0.2) is 13.2 Å². The molecule has 31 heavy (non-hydrogen) atoms. The molecule has 6 nitrogen and oxygen atoms in total. The molecule has 0 bridgehead atoms. The Morgan fingerprint density at radius 2 is 1.61 bits per heavy atom. The van der Waals surface area contributed by atoms with Crippen LogP contribution in [0.5, 0.6) is 5.75 Å². The Labute approximate surface area is 183 Å². The lowest BCUT2D eigenvalue weighted by Gasteiger charge is -2.20. The molecule has 0 spiro atoms. The Bertz CT molecular complexity index is 1410. The van der Waals surface area contributed by atoms with Crippen molar-refractivity contribution in [2.45, 2.75) is 17.9 Å². The zero-order valence-electron chi connectivity index (χ0n) is 16.4. The van der Waals surface area contributed by atoms with Crippen LogP contribution >= 0.6 is 11.6 Å². The second-order valence-corrected chi connectivity index (χ2v) is 9.22. The molecule has 0 aliphatic carbocycles. The molecule has 1 heterocycles. The molecule has 0 saturated heterocycles. The SMILES string of the molecule is Cc1ccc(S(=O)(=O)N[C@@H](c2ccc(Cl)cc2)c2c(O)c3ccccc3oc2=O)cc1. The number of benzene rings is 3. The van der Waals surface area contributed by atoms with E-state index in [-0.39, 0.29) is 21.8 Å². The molecule has 0 unspecified atom stereocenters. The van der Waals surface area contributed by atoms with Gasteiger partial charge in [0, 0.05) is 5.02 Å². The van der Waals surface area contributed by atoms with E-state index < -0.39 is 21.7 Å². The lowest BCUT2D eigenvalue weighted by Crippen LogP contribution is -2.32. The smallest absolute Gasteiger partial charge is 0.345 e. The van der Waals surface area contributed by atoms with Crippen LogP contribution in [-0.2, 0) is 10.0 Å². The first-order valence-corrected chi connectivity index (χ1v) is 11.2. The fourth-order valence-electron chi connectivity index (χ4n) is 3.29. The summed E-state index contributed by atoms with van der Waals surface area (Å²) in [4.78, 5) is 12.8. The van der Waals surface area contributed by atoms with Crippen LogP contribution in [0.3, 0.4) is 0 Å². The van der Waals surface area contributed by atoms with Gasteiger partial charge in [-0.3, -0.25) is 0 Å². The third-order valence-electron chi connectivity index (χ3n) is 4.92. The number of hydrogen-bond acceptors (Lipinski definition) is 5. The second kappa shape index (κ2) is 8.19. The quantitative estimate of drug-likeness (QED) is 0.431. The van der Waals surface area contributed by atoms with Crippen LogP contribution in [0.4, 0.5) is 0 Å². The second-order valence-electron chi connectivity index (χ2n) is 7.07. The summed E-state index contributed by atoms with van der Waals surface area (Å²) in [5, 5.41) is 11.6. The topological polar surface area (TPSA) is 96.6 Å². The van der Waals surface area contributed by atoms with Gasteiger partial charge in [-0.2, -0.15) is 4.72 Å². The van der Waals surface area contributed by atoms with E-state index in [1.54, 1.807) is 60.7 Å². The van der Waals surface area contributed by atoms with Gasteiger partial charge in [0.25, 0.3) is 0 Å². The van der Waals surface area contributed by atoms with E-state index in [4.69, 9.17) is 16.0 Å². The van der Waals surface area contributed by atoms with E-state index >= 15 is 0 Å². The maximum atomic E-state index is 13.1. The van der Waals surface area contributed by atoms with Crippen LogP contribution in [0.25, 0.3) is 11.0 Å². The van der Waals surface area contributed by atoms with Gasteiger partial charge in [0.15, 0.2) is 0 Å². The van der Waals surface area contributed by atoms with Gasteiger partial charge in [-0.1, -0.05) is 53.6 Å². The van der Waals surface area contributed by atoms with Crippen LogP contribution in [0.2, 0.25) is 5.02 Å². The fraction of sp³-hybridized carbons (Fsp3) is 0.0870. The standard InChI is InChI=1S/C23H18ClNO5S/c1-14-6-12-17(13-7-14)31(28,29)25-21(15-8-10-16(24)11-9-15)20-22(26)18-4-2-3-5-19(18)30-23(20)27/h2-13,21,25-26H,1H3/t21-/m0/s1. The highest BCUT2D eigenvalue weighted by Crippen LogP contribution is 2.34. The maximum absolute atomic E-state index is 13.1. The molecule has 158 valence electrons. The summed E-state index contributed by atoms with van der Waals surface area (Å²) in [6.07, 6.45) is 0. The number of nitrogens with one attached hydrogen (secondary N) is 1. The van der Waals surface area contributed by atoms with Crippen molar-refractivity contribution in [2.75, 3.05) is 0 Å². The Balaban J connectivity index is 1.90.